The van der Waals surface area contributed by atoms with Gasteiger partial charge >= 0.3 is 0 Å². The van der Waals surface area contributed by atoms with Crippen LogP contribution in [0.3, 0.4) is 0 Å². The van der Waals surface area contributed by atoms with Crippen LogP contribution in [0.15, 0.2) is 30.3 Å². The fourth-order valence-electron chi connectivity index (χ4n) is 3.42. The molecule has 0 saturated carbocycles. The third kappa shape index (κ3) is 4.78. The van der Waals surface area contributed by atoms with E-state index in [1.807, 2.05) is 43.1 Å². The Balaban J connectivity index is 1.51. The summed E-state index contributed by atoms with van der Waals surface area (Å²) in [5.41, 5.74) is 3.45. The van der Waals surface area contributed by atoms with Crippen LogP contribution in [-0.2, 0) is 11.8 Å². The number of nitrogens with one attached hydrogen (secondary N) is 1. The van der Waals surface area contributed by atoms with E-state index in [-0.39, 0.29) is 11.8 Å². The van der Waals surface area contributed by atoms with Crippen molar-refractivity contribution in [2.75, 3.05) is 39.3 Å². The summed E-state index contributed by atoms with van der Waals surface area (Å²) in [6, 6.07) is 9.89. The van der Waals surface area contributed by atoms with Crippen LogP contribution in [0, 0.1) is 6.92 Å². The van der Waals surface area contributed by atoms with Crippen molar-refractivity contribution in [3.05, 3.63) is 41.6 Å². The maximum atomic E-state index is 12.4. The van der Waals surface area contributed by atoms with Crippen molar-refractivity contribution in [2.24, 2.45) is 7.05 Å². The predicted molar refractivity (Wildman–Crippen MR) is 109 cm³/mol. The van der Waals surface area contributed by atoms with Gasteiger partial charge in [0.2, 0.25) is 5.91 Å². The number of hydrogen-bond donors (Lipinski definition) is 1. The molecular weight excluding hydrogens is 354 g/mol. The van der Waals surface area contributed by atoms with Crippen LogP contribution >= 0.6 is 0 Å². The summed E-state index contributed by atoms with van der Waals surface area (Å²) in [7, 11) is 1.82. The summed E-state index contributed by atoms with van der Waals surface area (Å²) in [5, 5.41) is 7.14. The van der Waals surface area contributed by atoms with Crippen molar-refractivity contribution in [1.82, 2.24) is 24.9 Å². The van der Waals surface area contributed by atoms with Crippen molar-refractivity contribution in [2.45, 2.75) is 20.3 Å². The highest BCUT2D eigenvalue weighted by atomic mass is 16.2. The lowest BCUT2D eigenvalue weighted by molar-refractivity contribution is -0.132. The maximum Gasteiger partial charge on any atom is 0.271 e. The van der Waals surface area contributed by atoms with Gasteiger partial charge in [0.1, 0.15) is 0 Å². The summed E-state index contributed by atoms with van der Waals surface area (Å²) in [6.07, 6.45) is 0.315. The summed E-state index contributed by atoms with van der Waals surface area (Å²) in [4.78, 5) is 29.0. The Kier molecular flexibility index (Phi) is 6.46. The summed E-state index contributed by atoms with van der Waals surface area (Å²) in [5.74, 6) is -0.157. The molecule has 7 nitrogen and oxygen atoms in total. The Bertz CT molecular complexity index is 820. The zero-order valence-corrected chi connectivity index (χ0v) is 16.9. The molecule has 3 rings (SSSR count). The van der Waals surface area contributed by atoms with E-state index in [9.17, 15) is 9.59 Å². The van der Waals surface area contributed by atoms with Gasteiger partial charge in [0, 0.05) is 46.2 Å². The third-order valence-corrected chi connectivity index (χ3v) is 5.26. The predicted octanol–water partition coefficient (Wildman–Crippen LogP) is 1.68. The van der Waals surface area contributed by atoms with E-state index in [4.69, 9.17) is 0 Å². The molecule has 28 heavy (non-hydrogen) atoms. The molecule has 7 heteroatoms. The number of nitrogens with zero attached hydrogens (tertiary/aromatic N) is 4. The van der Waals surface area contributed by atoms with Gasteiger partial charge in [-0.2, -0.15) is 5.10 Å². The highest BCUT2D eigenvalue weighted by Crippen LogP contribution is 2.20. The molecule has 1 N–H and O–H groups in total. The molecule has 0 unspecified atom stereocenters. The van der Waals surface area contributed by atoms with Crippen LogP contribution < -0.4 is 5.32 Å². The zero-order valence-electron chi connectivity index (χ0n) is 16.9. The quantitative estimate of drug-likeness (QED) is 0.824. The van der Waals surface area contributed by atoms with Crippen molar-refractivity contribution >= 4 is 11.8 Å². The lowest BCUT2D eigenvalue weighted by atomic mass is 10.1. The van der Waals surface area contributed by atoms with E-state index in [0.29, 0.717) is 18.7 Å². The first-order chi connectivity index (χ1) is 13.5. The highest BCUT2D eigenvalue weighted by Gasteiger charge is 2.20. The molecule has 1 saturated heterocycles. The SMILES string of the molecule is CCN1CCN(C(=O)CCNC(=O)c2cc(-c3ccc(C)cc3)n(C)n2)CC1. The molecule has 150 valence electrons. The molecule has 2 aromatic rings. The highest BCUT2D eigenvalue weighted by molar-refractivity contribution is 5.93. The number of likely N-dealkylation sites (N-methyl/N-ethyl adjacent to an activating group) is 1. The van der Waals surface area contributed by atoms with Crippen LogP contribution in [0.5, 0.6) is 0 Å². The molecule has 0 atom stereocenters. The fraction of sp³-hybridized carbons (Fsp3) is 0.476. The number of aromatic nitrogens is 2. The Morgan fingerprint density at radius 2 is 1.79 bits per heavy atom. The summed E-state index contributed by atoms with van der Waals surface area (Å²) in [6.45, 7) is 8.89. The minimum absolute atomic E-state index is 0.0948. The topological polar surface area (TPSA) is 70.5 Å². The van der Waals surface area contributed by atoms with Gasteiger partial charge in [-0.25, -0.2) is 0 Å². The van der Waals surface area contributed by atoms with E-state index >= 15 is 0 Å². The molecule has 0 bridgehead atoms. The first kappa shape index (κ1) is 20.1. The van der Waals surface area contributed by atoms with Crippen LogP contribution in [0.4, 0.5) is 0 Å². The van der Waals surface area contributed by atoms with E-state index in [2.05, 4.69) is 22.2 Å². The standard InChI is InChI=1S/C21H29N5O2/c1-4-25-11-13-26(14-12-25)20(27)9-10-22-21(28)18-15-19(24(3)23-18)17-7-5-16(2)6-8-17/h5-8,15H,4,9-14H2,1-3H3,(H,22,28). The van der Waals surface area contributed by atoms with Gasteiger partial charge in [0.15, 0.2) is 5.69 Å². The van der Waals surface area contributed by atoms with Gasteiger partial charge in [0.25, 0.3) is 5.91 Å². The fourth-order valence-corrected chi connectivity index (χ4v) is 3.42. The summed E-state index contributed by atoms with van der Waals surface area (Å²) >= 11 is 0. The van der Waals surface area contributed by atoms with E-state index < -0.39 is 0 Å². The lowest BCUT2D eigenvalue weighted by Gasteiger charge is -2.34. The largest absolute Gasteiger partial charge is 0.350 e. The zero-order chi connectivity index (χ0) is 20.1. The number of benzene rings is 1. The third-order valence-electron chi connectivity index (χ3n) is 5.26. The number of hydrogen-bond acceptors (Lipinski definition) is 4. The van der Waals surface area contributed by atoms with Gasteiger partial charge in [-0.3, -0.25) is 14.3 Å². The summed E-state index contributed by atoms with van der Waals surface area (Å²) < 4.78 is 1.71. The van der Waals surface area contributed by atoms with Crippen molar-refractivity contribution < 1.29 is 9.59 Å². The first-order valence-corrected chi connectivity index (χ1v) is 9.87. The van der Waals surface area contributed by atoms with Crippen molar-refractivity contribution in [3.63, 3.8) is 0 Å². The average molecular weight is 383 g/mol. The molecule has 2 amide bonds. The Morgan fingerprint density at radius 3 is 2.43 bits per heavy atom. The number of aryl methyl sites for hydroxylation is 2. The lowest BCUT2D eigenvalue weighted by Crippen LogP contribution is -2.49. The molecule has 1 fully saturated rings. The maximum absolute atomic E-state index is 12.4. The minimum atomic E-state index is -0.252. The molecule has 2 heterocycles. The van der Waals surface area contributed by atoms with Crippen LogP contribution in [-0.4, -0.2) is 70.7 Å². The van der Waals surface area contributed by atoms with E-state index in [0.717, 1.165) is 44.0 Å². The van der Waals surface area contributed by atoms with Crippen LogP contribution in [0.2, 0.25) is 0 Å². The van der Waals surface area contributed by atoms with Gasteiger partial charge < -0.3 is 15.1 Å². The number of rotatable bonds is 6. The van der Waals surface area contributed by atoms with Crippen molar-refractivity contribution in [1.29, 1.82) is 0 Å². The van der Waals surface area contributed by atoms with Crippen LogP contribution in [0.25, 0.3) is 11.3 Å². The van der Waals surface area contributed by atoms with Crippen molar-refractivity contribution in [3.8, 4) is 11.3 Å². The van der Waals surface area contributed by atoms with Gasteiger partial charge in [-0.15, -0.1) is 0 Å². The second-order valence-corrected chi connectivity index (χ2v) is 7.23. The molecule has 0 radical (unpaired) electrons. The number of amides is 2. The second kappa shape index (κ2) is 9.01. The van der Waals surface area contributed by atoms with Crippen LogP contribution in [0.1, 0.15) is 29.4 Å². The van der Waals surface area contributed by atoms with Gasteiger partial charge in [-0.1, -0.05) is 36.8 Å². The smallest absolute Gasteiger partial charge is 0.271 e. The monoisotopic (exact) mass is 383 g/mol. The number of carbonyl (C=O) groups is 2. The normalized spacial score (nSPS) is 14.9. The van der Waals surface area contributed by atoms with E-state index in [1.165, 1.54) is 5.56 Å². The first-order valence-electron chi connectivity index (χ1n) is 9.87. The van der Waals surface area contributed by atoms with E-state index in [1.54, 1.807) is 10.7 Å². The minimum Gasteiger partial charge on any atom is -0.350 e. The Morgan fingerprint density at radius 1 is 1.11 bits per heavy atom. The van der Waals surface area contributed by atoms with Gasteiger partial charge in [0.05, 0.1) is 5.69 Å². The second-order valence-electron chi connectivity index (χ2n) is 7.23. The Labute approximate surface area is 166 Å². The molecule has 1 aliphatic rings. The molecule has 1 aliphatic heterocycles. The number of piperazine rings is 1. The Hall–Kier alpha value is -2.67. The molecule has 0 spiro atoms. The average Bonchev–Trinajstić information content (AvgIpc) is 3.10. The molecule has 1 aromatic carbocycles. The van der Waals surface area contributed by atoms with Gasteiger partial charge in [-0.05, 0) is 25.1 Å². The molecule has 1 aromatic heterocycles. The molecular formula is C21H29N5O2. The number of carbonyl (C=O) groups excluding carboxylic acids is 2. The molecule has 0 aliphatic carbocycles.